The number of halogens is 1. The molecule has 7 nitrogen and oxygen atoms in total. The minimum Gasteiger partial charge on any atom is -0.494 e. The highest BCUT2D eigenvalue weighted by Gasteiger charge is 2.34. The van der Waals surface area contributed by atoms with Crippen molar-refractivity contribution in [3.05, 3.63) is 93.5 Å². The second kappa shape index (κ2) is 11.2. The Labute approximate surface area is 222 Å². The van der Waals surface area contributed by atoms with Gasteiger partial charge in [-0.25, -0.2) is 0 Å². The third-order valence-corrected chi connectivity index (χ3v) is 6.18. The van der Waals surface area contributed by atoms with Crippen molar-refractivity contribution < 1.29 is 19.1 Å². The molecule has 36 heavy (non-hydrogen) atoms. The van der Waals surface area contributed by atoms with Crippen LogP contribution in [0.25, 0.3) is 6.08 Å². The Morgan fingerprint density at radius 1 is 1.08 bits per heavy atom. The minimum atomic E-state index is -0.577. The van der Waals surface area contributed by atoms with Crippen molar-refractivity contribution in [2.24, 2.45) is 0 Å². The first-order valence-electron chi connectivity index (χ1n) is 11.0. The summed E-state index contributed by atoms with van der Waals surface area (Å²) in [5.41, 5.74) is 2.36. The van der Waals surface area contributed by atoms with Crippen LogP contribution in [0.4, 0.5) is 5.69 Å². The number of benzene rings is 3. The summed E-state index contributed by atoms with van der Waals surface area (Å²) in [5.74, 6) is 0.0264. The van der Waals surface area contributed by atoms with Gasteiger partial charge >= 0.3 is 0 Å². The summed E-state index contributed by atoms with van der Waals surface area (Å²) in [6, 6.07) is 21.5. The summed E-state index contributed by atoms with van der Waals surface area (Å²) in [5, 5.41) is 11.8. The molecule has 3 aromatic rings. The maximum atomic E-state index is 13.3. The van der Waals surface area contributed by atoms with Crippen molar-refractivity contribution >= 4 is 56.8 Å². The summed E-state index contributed by atoms with van der Waals surface area (Å²) in [6.07, 6.45) is 1.50. The lowest BCUT2D eigenvalue weighted by atomic mass is 10.1. The predicted octanol–water partition coefficient (Wildman–Crippen LogP) is 5.13. The van der Waals surface area contributed by atoms with E-state index in [-0.39, 0.29) is 17.3 Å². The molecule has 0 saturated carbocycles. The third kappa shape index (κ3) is 5.46. The fourth-order valence-corrected chi connectivity index (χ4v) is 4.36. The Morgan fingerprint density at radius 3 is 2.64 bits per heavy atom. The van der Waals surface area contributed by atoms with E-state index in [9.17, 15) is 14.9 Å². The van der Waals surface area contributed by atoms with Gasteiger partial charge in [0.15, 0.2) is 5.11 Å². The highest BCUT2D eigenvalue weighted by atomic mass is 79.9. The number of amides is 2. The Morgan fingerprint density at radius 2 is 1.89 bits per heavy atom. The summed E-state index contributed by atoms with van der Waals surface area (Å²) >= 11 is 8.76. The molecular formula is C27H20BrN3O4S. The summed E-state index contributed by atoms with van der Waals surface area (Å²) in [7, 11) is 0. The van der Waals surface area contributed by atoms with Crippen molar-refractivity contribution in [1.29, 1.82) is 5.26 Å². The first kappa shape index (κ1) is 25.1. The van der Waals surface area contributed by atoms with E-state index in [1.807, 2.05) is 19.1 Å². The average molecular weight is 562 g/mol. The van der Waals surface area contributed by atoms with Gasteiger partial charge in [0.1, 0.15) is 23.7 Å². The van der Waals surface area contributed by atoms with Gasteiger partial charge in [0.2, 0.25) is 0 Å². The standard InChI is InChI=1S/C27H20BrN3O4S/c1-2-34-21-9-5-8-20(14-21)31-26(33)22(25(32)30-27(31)36)12-17-10-11-24(23(28)13-17)35-16-19-7-4-3-6-18(19)15-29/h3-14H,2,16H2,1H3,(H,30,32,36)/b22-12+. The molecule has 1 heterocycles. The monoisotopic (exact) mass is 561 g/mol. The number of nitrogens with one attached hydrogen (secondary N) is 1. The van der Waals surface area contributed by atoms with Gasteiger partial charge in [0.25, 0.3) is 11.8 Å². The molecule has 0 spiro atoms. The molecule has 0 aliphatic carbocycles. The highest BCUT2D eigenvalue weighted by molar-refractivity contribution is 9.10. The molecule has 2 amide bonds. The number of carbonyl (C=O) groups excluding carboxylic acids is 2. The van der Waals surface area contributed by atoms with Gasteiger partial charge in [-0.1, -0.05) is 30.3 Å². The van der Waals surface area contributed by atoms with Gasteiger partial charge in [-0.05, 0) is 77.0 Å². The first-order valence-corrected chi connectivity index (χ1v) is 12.2. The van der Waals surface area contributed by atoms with E-state index in [0.29, 0.717) is 39.4 Å². The van der Waals surface area contributed by atoms with E-state index < -0.39 is 11.8 Å². The minimum absolute atomic E-state index is 0.00150. The number of hydrogen-bond donors (Lipinski definition) is 1. The molecule has 3 aromatic carbocycles. The highest BCUT2D eigenvalue weighted by Crippen LogP contribution is 2.30. The number of nitriles is 1. The van der Waals surface area contributed by atoms with Crippen LogP contribution < -0.4 is 19.7 Å². The van der Waals surface area contributed by atoms with Gasteiger partial charge in [-0.2, -0.15) is 5.26 Å². The first-order chi connectivity index (χ1) is 17.4. The van der Waals surface area contributed by atoms with E-state index in [4.69, 9.17) is 21.7 Å². The van der Waals surface area contributed by atoms with Gasteiger partial charge in [-0.3, -0.25) is 19.8 Å². The van der Waals surface area contributed by atoms with Crippen LogP contribution in [0.15, 0.2) is 76.8 Å². The normalized spacial score (nSPS) is 14.4. The molecule has 0 radical (unpaired) electrons. The number of anilines is 1. The fourth-order valence-electron chi connectivity index (χ4n) is 3.57. The van der Waals surface area contributed by atoms with Crippen LogP contribution in [0.3, 0.4) is 0 Å². The molecule has 1 N–H and O–H groups in total. The van der Waals surface area contributed by atoms with Crippen molar-refractivity contribution in [2.45, 2.75) is 13.5 Å². The topological polar surface area (TPSA) is 91.7 Å². The molecular weight excluding hydrogens is 542 g/mol. The van der Waals surface area contributed by atoms with Crippen molar-refractivity contribution in [3.63, 3.8) is 0 Å². The SMILES string of the molecule is CCOc1cccc(N2C(=O)/C(=C/c3ccc(OCc4ccccc4C#N)c(Br)c3)C(=O)NC2=S)c1. The number of carbonyl (C=O) groups is 2. The maximum absolute atomic E-state index is 13.3. The largest absolute Gasteiger partial charge is 0.494 e. The molecule has 180 valence electrons. The molecule has 4 rings (SSSR count). The quantitative estimate of drug-likeness (QED) is 0.244. The lowest BCUT2D eigenvalue weighted by molar-refractivity contribution is -0.122. The average Bonchev–Trinajstić information content (AvgIpc) is 2.86. The maximum Gasteiger partial charge on any atom is 0.270 e. The number of nitrogens with zero attached hydrogens (tertiary/aromatic N) is 2. The lowest BCUT2D eigenvalue weighted by Gasteiger charge is -2.29. The van der Waals surface area contributed by atoms with Crippen LogP contribution in [-0.4, -0.2) is 23.5 Å². The van der Waals surface area contributed by atoms with Gasteiger partial charge in [-0.15, -0.1) is 0 Å². The number of hydrogen-bond acceptors (Lipinski definition) is 6. The van der Waals surface area contributed by atoms with Crippen LogP contribution in [0.2, 0.25) is 0 Å². The van der Waals surface area contributed by atoms with Crippen molar-refractivity contribution in [3.8, 4) is 17.6 Å². The van der Waals surface area contributed by atoms with E-state index >= 15 is 0 Å². The van der Waals surface area contributed by atoms with E-state index in [1.165, 1.54) is 11.0 Å². The molecule has 0 aromatic heterocycles. The molecule has 1 aliphatic heterocycles. The Kier molecular flexibility index (Phi) is 7.78. The predicted molar refractivity (Wildman–Crippen MR) is 143 cm³/mol. The van der Waals surface area contributed by atoms with Crippen LogP contribution in [0.5, 0.6) is 11.5 Å². The van der Waals surface area contributed by atoms with Crippen molar-refractivity contribution in [1.82, 2.24) is 5.32 Å². The second-order valence-corrected chi connectivity index (χ2v) is 8.88. The Hall–Kier alpha value is -4.00. The number of thiocarbonyl (C=S) groups is 1. The van der Waals surface area contributed by atoms with E-state index in [2.05, 4.69) is 27.3 Å². The molecule has 0 atom stereocenters. The smallest absolute Gasteiger partial charge is 0.270 e. The molecule has 9 heteroatoms. The van der Waals surface area contributed by atoms with Crippen molar-refractivity contribution in [2.75, 3.05) is 11.5 Å². The van der Waals surface area contributed by atoms with E-state index in [0.717, 1.165) is 5.56 Å². The zero-order valence-corrected chi connectivity index (χ0v) is 21.6. The molecule has 0 unspecified atom stereocenters. The Bertz CT molecular complexity index is 1430. The lowest BCUT2D eigenvalue weighted by Crippen LogP contribution is -2.54. The summed E-state index contributed by atoms with van der Waals surface area (Å²) < 4.78 is 12.0. The zero-order valence-electron chi connectivity index (χ0n) is 19.2. The second-order valence-electron chi connectivity index (χ2n) is 7.64. The third-order valence-electron chi connectivity index (χ3n) is 5.28. The van der Waals surface area contributed by atoms with Crippen LogP contribution >= 0.6 is 28.1 Å². The molecule has 1 fully saturated rings. The Balaban J connectivity index is 1.57. The van der Waals surface area contributed by atoms with Gasteiger partial charge in [0, 0.05) is 11.6 Å². The van der Waals surface area contributed by atoms with Gasteiger partial charge in [0.05, 0.1) is 28.4 Å². The van der Waals surface area contributed by atoms with E-state index in [1.54, 1.807) is 54.6 Å². The van der Waals surface area contributed by atoms with Crippen LogP contribution in [0.1, 0.15) is 23.6 Å². The van der Waals surface area contributed by atoms with Gasteiger partial charge < -0.3 is 9.47 Å². The van der Waals surface area contributed by atoms with Crippen LogP contribution in [0, 0.1) is 11.3 Å². The fraction of sp³-hybridized carbons (Fsp3) is 0.111. The number of ether oxygens (including phenoxy) is 2. The molecule has 1 saturated heterocycles. The zero-order chi connectivity index (χ0) is 25.7. The molecule has 0 bridgehead atoms. The summed E-state index contributed by atoms with van der Waals surface area (Å²) in [6.45, 7) is 2.56. The van der Waals surface area contributed by atoms with Crippen LogP contribution in [-0.2, 0) is 16.2 Å². The molecule has 1 aliphatic rings. The number of rotatable bonds is 7. The summed E-state index contributed by atoms with van der Waals surface area (Å²) in [4.78, 5) is 27.2.